The number of hydrogen-bond donors (Lipinski definition) is 3. The fraction of sp³-hybridized carbons (Fsp3) is 0.565. The van der Waals surface area contributed by atoms with Gasteiger partial charge in [0.1, 0.15) is 6.79 Å². The van der Waals surface area contributed by atoms with Gasteiger partial charge >= 0.3 is 0 Å². The molecule has 30 heavy (non-hydrogen) atoms. The first-order valence-electron chi connectivity index (χ1n) is 10.6. The highest BCUT2D eigenvalue weighted by Crippen LogP contribution is 2.60. The third kappa shape index (κ3) is 5.49. The minimum absolute atomic E-state index is 0.415. The summed E-state index contributed by atoms with van der Waals surface area (Å²) in [4.78, 5) is 10.4. The highest BCUT2D eigenvalue weighted by Gasteiger charge is 2.52. The van der Waals surface area contributed by atoms with Crippen molar-refractivity contribution in [2.75, 3.05) is 44.8 Å². The van der Waals surface area contributed by atoms with Crippen molar-refractivity contribution in [3.63, 3.8) is 0 Å². The molecular weight excluding hydrogens is 400 g/mol. The van der Waals surface area contributed by atoms with Crippen LogP contribution in [0.2, 0.25) is 5.02 Å². The number of benzene rings is 1. The summed E-state index contributed by atoms with van der Waals surface area (Å²) < 4.78 is 5.52. The van der Waals surface area contributed by atoms with Crippen molar-refractivity contribution < 1.29 is 9.53 Å². The lowest BCUT2D eigenvalue weighted by molar-refractivity contribution is -0.0979. The van der Waals surface area contributed by atoms with E-state index in [-0.39, 0.29) is 0 Å². The second kappa shape index (κ2) is 11.6. The zero-order chi connectivity index (χ0) is 22.1. The number of ether oxygens (including phenoxy) is 1. The van der Waals surface area contributed by atoms with E-state index in [2.05, 4.69) is 41.1 Å². The lowest BCUT2D eigenvalue weighted by Crippen LogP contribution is -2.50. The number of rotatable bonds is 4. The molecule has 3 aliphatic rings. The molecule has 2 unspecified atom stereocenters. The summed E-state index contributed by atoms with van der Waals surface area (Å²) in [7, 11) is 1.50. The number of allylic oxidation sites excluding steroid dienone is 1. The Morgan fingerprint density at radius 3 is 2.63 bits per heavy atom. The number of nitrogens with two attached hydrogens (primary N) is 1. The normalized spacial score (nSPS) is 24.5. The third-order valence-electron chi connectivity index (χ3n) is 6.37. The van der Waals surface area contributed by atoms with Crippen molar-refractivity contribution in [2.24, 2.45) is 17.1 Å². The van der Waals surface area contributed by atoms with E-state index >= 15 is 0 Å². The van der Waals surface area contributed by atoms with Crippen molar-refractivity contribution in [1.82, 2.24) is 5.32 Å². The monoisotopic (exact) mass is 434 g/mol. The quantitative estimate of drug-likeness (QED) is 0.632. The van der Waals surface area contributed by atoms with Crippen LogP contribution < -0.4 is 16.0 Å². The largest absolute Gasteiger partial charge is 0.381 e. The minimum atomic E-state index is 0.415. The van der Waals surface area contributed by atoms with Crippen LogP contribution in [0, 0.1) is 16.7 Å². The summed E-state index contributed by atoms with van der Waals surface area (Å²) in [6.07, 6.45) is 9.62. The van der Waals surface area contributed by atoms with Crippen LogP contribution in [0.15, 0.2) is 18.2 Å². The van der Waals surface area contributed by atoms with E-state index in [0.717, 1.165) is 54.7 Å². The lowest BCUT2D eigenvalue weighted by atomic mass is 9.93. The maximum Gasteiger partial charge on any atom is 0.106 e. The first-order chi connectivity index (χ1) is 14.6. The van der Waals surface area contributed by atoms with E-state index in [0.29, 0.717) is 17.4 Å². The number of halogens is 1. The Bertz CT molecular complexity index is 734. The van der Waals surface area contributed by atoms with Crippen LogP contribution in [0.1, 0.15) is 37.3 Å². The molecule has 4 N–H and O–H groups in total. The number of piperazine rings is 1. The molecule has 7 heteroatoms. The highest BCUT2D eigenvalue weighted by molar-refractivity contribution is 6.33. The standard InChI is InChI=1S/C21H28ClN3O.CH5N.CH2O/c1-15-14-24-6-7-25(15)20-11-16(17(13-23)10-19(20)22)2-3-18-12-21(18)4-8-26-9-5-21;2*1-2/h2-3,10-11,13,15,18,23-24H,4-9,12,14H2,1H3;2H2,1H3;1H2/b3-2+,23-13?;;. The van der Waals surface area contributed by atoms with Gasteiger partial charge in [-0.1, -0.05) is 23.8 Å². The topological polar surface area (TPSA) is 91.4 Å². The summed E-state index contributed by atoms with van der Waals surface area (Å²) in [5.41, 5.74) is 8.06. The van der Waals surface area contributed by atoms with Gasteiger partial charge in [0.2, 0.25) is 0 Å². The Kier molecular flexibility index (Phi) is 9.49. The van der Waals surface area contributed by atoms with Gasteiger partial charge in [0, 0.05) is 50.7 Å². The van der Waals surface area contributed by atoms with Crippen LogP contribution >= 0.6 is 11.6 Å². The molecular formula is C23H35ClN4O2. The summed E-state index contributed by atoms with van der Waals surface area (Å²) in [6.45, 7) is 8.94. The number of carbonyl (C=O) groups excluding carboxylic acids is 1. The second-order valence-corrected chi connectivity index (χ2v) is 8.38. The van der Waals surface area contributed by atoms with Gasteiger partial charge < -0.3 is 30.9 Å². The first kappa shape index (κ1) is 24.5. The molecule has 1 spiro atoms. The number of hydrogen-bond acceptors (Lipinski definition) is 6. The van der Waals surface area contributed by atoms with E-state index in [9.17, 15) is 0 Å². The maximum absolute atomic E-state index is 8.00. The molecule has 4 rings (SSSR count). The summed E-state index contributed by atoms with van der Waals surface area (Å²) >= 11 is 6.57. The fourth-order valence-electron chi connectivity index (χ4n) is 4.51. The minimum Gasteiger partial charge on any atom is -0.381 e. The average Bonchev–Trinajstić information content (AvgIpc) is 3.47. The average molecular weight is 435 g/mol. The first-order valence-corrected chi connectivity index (χ1v) is 10.9. The van der Waals surface area contributed by atoms with Gasteiger partial charge in [0.15, 0.2) is 0 Å². The molecule has 1 aromatic rings. The Labute approximate surface area is 185 Å². The van der Waals surface area contributed by atoms with E-state index in [1.165, 1.54) is 32.5 Å². The Balaban J connectivity index is 0.000000757. The van der Waals surface area contributed by atoms with Crippen molar-refractivity contribution >= 4 is 36.4 Å². The van der Waals surface area contributed by atoms with Gasteiger partial charge in [-0.15, -0.1) is 0 Å². The Hall–Kier alpha value is -1.73. The van der Waals surface area contributed by atoms with Crippen LogP contribution in [0.4, 0.5) is 5.69 Å². The molecule has 1 aromatic carbocycles. The van der Waals surface area contributed by atoms with Gasteiger partial charge in [-0.25, -0.2) is 0 Å². The van der Waals surface area contributed by atoms with E-state index in [4.69, 9.17) is 26.5 Å². The smallest absolute Gasteiger partial charge is 0.106 e. The Morgan fingerprint density at radius 2 is 2.00 bits per heavy atom. The third-order valence-corrected chi connectivity index (χ3v) is 6.67. The molecule has 2 atom stereocenters. The predicted molar refractivity (Wildman–Crippen MR) is 126 cm³/mol. The van der Waals surface area contributed by atoms with E-state index in [1.807, 2.05) is 12.9 Å². The lowest BCUT2D eigenvalue weighted by Gasteiger charge is -2.36. The van der Waals surface area contributed by atoms with Gasteiger partial charge in [0.05, 0.1) is 10.7 Å². The van der Waals surface area contributed by atoms with E-state index < -0.39 is 0 Å². The maximum atomic E-state index is 8.00. The molecule has 0 radical (unpaired) electrons. The van der Waals surface area contributed by atoms with E-state index in [1.54, 1.807) is 0 Å². The van der Waals surface area contributed by atoms with Crippen LogP contribution in [-0.4, -0.2) is 58.9 Å². The molecule has 0 aromatic heterocycles. The van der Waals surface area contributed by atoms with Crippen molar-refractivity contribution in [1.29, 1.82) is 5.41 Å². The van der Waals surface area contributed by atoms with Gasteiger partial charge in [0.25, 0.3) is 0 Å². The SMILES string of the molecule is C=O.CC1CNCCN1c1cc(/C=C/C2CC23CCOCC3)c(C=N)cc1Cl.CN. The molecule has 0 bridgehead atoms. The van der Waals surface area contributed by atoms with Crippen molar-refractivity contribution in [3.8, 4) is 0 Å². The predicted octanol–water partition coefficient (Wildman–Crippen LogP) is 3.36. The van der Waals surface area contributed by atoms with Crippen LogP contribution in [0.25, 0.3) is 6.08 Å². The number of nitrogens with one attached hydrogen (secondary N) is 2. The van der Waals surface area contributed by atoms with Crippen LogP contribution in [0.5, 0.6) is 0 Å². The van der Waals surface area contributed by atoms with Crippen LogP contribution in [-0.2, 0) is 9.53 Å². The number of nitrogens with zero attached hydrogens (tertiary/aromatic N) is 1. The zero-order valence-corrected chi connectivity index (χ0v) is 18.9. The molecule has 1 aliphatic carbocycles. The number of anilines is 1. The number of carbonyl (C=O) groups is 1. The molecule has 0 amide bonds. The molecule has 2 heterocycles. The molecule has 3 fully saturated rings. The Morgan fingerprint density at radius 1 is 1.30 bits per heavy atom. The van der Waals surface area contributed by atoms with Crippen molar-refractivity contribution in [2.45, 2.75) is 32.2 Å². The molecule has 1 saturated carbocycles. The summed E-state index contributed by atoms with van der Waals surface area (Å²) in [6, 6.07) is 4.52. The van der Waals surface area contributed by atoms with Gasteiger partial charge in [-0.3, -0.25) is 0 Å². The zero-order valence-electron chi connectivity index (χ0n) is 18.1. The summed E-state index contributed by atoms with van der Waals surface area (Å²) in [5, 5.41) is 11.9. The summed E-state index contributed by atoms with van der Waals surface area (Å²) in [5.74, 6) is 0.655. The van der Waals surface area contributed by atoms with Crippen LogP contribution in [0.3, 0.4) is 0 Å². The van der Waals surface area contributed by atoms with Gasteiger partial charge in [-0.05, 0) is 62.3 Å². The molecule has 2 saturated heterocycles. The fourth-order valence-corrected chi connectivity index (χ4v) is 4.79. The molecule has 2 aliphatic heterocycles. The molecule has 166 valence electrons. The van der Waals surface area contributed by atoms with Gasteiger partial charge in [-0.2, -0.15) is 0 Å². The second-order valence-electron chi connectivity index (χ2n) is 7.97. The van der Waals surface area contributed by atoms with Crippen molar-refractivity contribution in [3.05, 3.63) is 34.4 Å². The molecule has 6 nitrogen and oxygen atoms in total. The highest BCUT2D eigenvalue weighted by atomic mass is 35.5.